The monoisotopic (exact) mass is 924 g/mol. The van der Waals surface area contributed by atoms with Gasteiger partial charge in [-0.15, -0.1) is 0 Å². The molecule has 0 spiro atoms. The van der Waals surface area contributed by atoms with E-state index in [-0.39, 0.29) is 38.9 Å². The lowest BCUT2D eigenvalue weighted by molar-refractivity contribution is -0.138. The zero-order chi connectivity index (χ0) is 42.2. The molecule has 14 nitrogen and oxygen atoms in total. The van der Waals surface area contributed by atoms with Crippen LogP contribution in [0.25, 0.3) is 44.4 Å². The van der Waals surface area contributed by atoms with E-state index in [0.29, 0.717) is 11.8 Å². The van der Waals surface area contributed by atoms with E-state index < -0.39 is 24.3 Å². The average molecular weight is 925 g/mol. The number of nitrogens with one attached hydrogen (secondary N) is 4. The molecule has 15 heteroatoms. The van der Waals surface area contributed by atoms with Crippen molar-refractivity contribution in [3.8, 4) is 33.6 Å². The van der Waals surface area contributed by atoms with E-state index in [1.54, 1.807) is 6.92 Å². The van der Waals surface area contributed by atoms with Gasteiger partial charge in [0.25, 0.3) is 0 Å². The maximum atomic E-state index is 14.1. The molecular formula is C45H49IN8O6. The second kappa shape index (κ2) is 14.9. The van der Waals surface area contributed by atoms with Crippen molar-refractivity contribution in [2.75, 3.05) is 14.2 Å². The van der Waals surface area contributed by atoms with Gasteiger partial charge in [-0.3, -0.25) is 9.59 Å². The van der Waals surface area contributed by atoms with E-state index in [9.17, 15) is 19.2 Å². The Balaban J connectivity index is 0.949. The zero-order valence-corrected chi connectivity index (χ0v) is 36.6. The third-order valence-corrected chi connectivity index (χ3v) is 14.3. The second-order valence-electron chi connectivity index (χ2n) is 17.2. The SMILES string of the molecule is COC(=O)N[C@@H](C)C(=O)N1[C@H](c2ncc(-c3ccc(-c4cccc5c(-c6cnc([C@@H]7C[C@H]8C[C@@]8(C)N7C(=O)[C@@H](NC(=O)OC)C(C)I)[nH]6)cccc45)cc3)[nH]2)C[C@H]2C[C@]21C. The topological polar surface area (TPSA) is 175 Å². The van der Waals surface area contributed by atoms with Gasteiger partial charge in [0.1, 0.15) is 23.7 Å². The normalized spacial score (nSPS) is 26.4. The number of aromatic nitrogens is 4. The molecule has 2 saturated heterocycles. The summed E-state index contributed by atoms with van der Waals surface area (Å²) >= 11 is 2.18. The second-order valence-corrected chi connectivity index (χ2v) is 19.2. The number of alkyl halides is 1. The third kappa shape index (κ3) is 6.68. The molecular weight excluding hydrogens is 875 g/mol. The molecule has 0 radical (unpaired) electrons. The molecule has 2 aliphatic carbocycles. The number of alkyl carbamates (subject to hydrolysis) is 2. The number of carbonyl (C=O) groups is 4. The number of imidazole rings is 2. The summed E-state index contributed by atoms with van der Waals surface area (Å²) < 4.78 is 9.42. The number of H-pyrrole nitrogens is 2. The van der Waals surface area contributed by atoms with E-state index in [0.717, 1.165) is 81.7 Å². The Labute approximate surface area is 361 Å². The van der Waals surface area contributed by atoms with Crippen molar-refractivity contribution in [2.24, 2.45) is 11.8 Å². The molecule has 2 saturated carbocycles. The number of hydrogen-bond donors (Lipinski definition) is 4. The number of piperidine rings is 2. The lowest BCUT2D eigenvalue weighted by atomic mass is 9.94. The summed E-state index contributed by atoms with van der Waals surface area (Å²) in [5.41, 5.74) is 5.33. The molecule has 9 rings (SSSR count). The summed E-state index contributed by atoms with van der Waals surface area (Å²) in [6.07, 6.45) is 5.91. The van der Waals surface area contributed by atoms with E-state index in [4.69, 9.17) is 19.4 Å². The first-order chi connectivity index (χ1) is 28.7. The van der Waals surface area contributed by atoms with E-state index in [1.807, 2.05) is 29.1 Å². The largest absolute Gasteiger partial charge is 0.453 e. The number of carbonyl (C=O) groups excluding carboxylic acids is 4. The van der Waals surface area contributed by atoms with Crippen LogP contribution >= 0.6 is 22.6 Å². The Morgan fingerprint density at radius 1 is 0.717 bits per heavy atom. The molecule has 5 aromatic rings. The first kappa shape index (κ1) is 40.0. The van der Waals surface area contributed by atoms with Crippen molar-refractivity contribution >= 4 is 57.4 Å². The van der Waals surface area contributed by atoms with E-state index >= 15 is 0 Å². The Kier molecular flexibility index (Phi) is 9.94. The van der Waals surface area contributed by atoms with Crippen molar-refractivity contribution in [2.45, 2.75) is 92.5 Å². The number of hydrogen-bond acceptors (Lipinski definition) is 8. The number of fused-ring (bicyclic) bond motifs is 3. The van der Waals surface area contributed by atoms with Crippen LogP contribution in [0.3, 0.4) is 0 Å². The highest BCUT2D eigenvalue weighted by molar-refractivity contribution is 14.1. The van der Waals surface area contributed by atoms with E-state index in [1.165, 1.54) is 14.2 Å². The third-order valence-electron chi connectivity index (χ3n) is 13.6. The zero-order valence-electron chi connectivity index (χ0n) is 34.4. The first-order valence-electron chi connectivity index (χ1n) is 20.5. The van der Waals surface area contributed by atoms with Crippen LogP contribution in [0.4, 0.5) is 9.59 Å². The molecule has 4 aliphatic rings. The molecule has 9 atom stereocenters. The van der Waals surface area contributed by atoms with Crippen LogP contribution in [-0.4, -0.2) is 95.0 Å². The van der Waals surface area contributed by atoms with Gasteiger partial charge in [-0.25, -0.2) is 19.6 Å². The Morgan fingerprint density at radius 2 is 1.22 bits per heavy atom. The van der Waals surface area contributed by atoms with Gasteiger partial charge in [0, 0.05) is 20.6 Å². The average Bonchev–Trinajstić information content (AvgIpc) is 3.68. The fraction of sp³-hybridized carbons (Fsp3) is 0.422. The molecule has 1 unspecified atom stereocenters. The Bertz CT molecular complexity index is 2520. The highest BCUT2D eigenvalue weighted by Crippen LogP contribution is 2.63. The first-order valence-corrected chi connectivity index (χ1v) is 21.7. The van der Waals surface area contributed by atoms with Crippen LogP contribution in [0.1, 0.15) is 77.1 Å². The number of aromatic amines is 2. The van der Waals surface area contributed by atoms with Crippen molar-refractivity contribution in [3.63, 3.8) is 0 Å². The number of benzene rings is 3. The Hall–Kier alpha value is -5.45. The van der Waals surface area contributed by atoms with Crippen molar-refractivity contribution in [1.82, 2.24) is 40.4 Å². The van der Waals surface area contributed by atoms with Gasteiger partial charge in [0.2, 0.25) is 11.8 Å². The molecule has 4 amide bonds. The summed E-state index contributed by atoms with van der Waals surface area (Å²) in [7, 11) is 2.59. The predicted octanol–water partition coefficient (Wildman–Crippen LogP) is 7.68. The molecule has 60 heavy (non-hydrogen) atoms. The van der Waals surface area contributed by atoms with Crippen LogP contribution < -0.4 is 10.6 Å². The fourth-order valence-electron chi connectivity index (χ4n) is 10.0. The van der Waals surface area contributed by atoms with Crippen molar-refractivity contribution < 1.29 is 28.7 Å². The molecule has 2 aliphatic heterocycles. The summed E-state index contributed by atoms with van der Waals surface area (Å²) in [6, 6.07) is 19.1. The summed E-state index contributed by atoms with van der Waals surface area (Å²) in [4.78, 5) is 72.4. The van der Waals surface area contributed by atoms with Gasteiger partial charge in [-0.2, -0.15) is 0 Å². The highest BCUT2D eigenvalue weighted by Gasteiger charge is 2.66. The predicted molar refractivity (Wildman–Crippen MR) is 234 cm³/mol. The number of amides is 4. The van der Waals surface area contributed by atoms with Crippen LogP contribution in [0.5, 0.6) is 0 Å². The number of methoxy groups -OCH3 is 2. The Morgan fingerprint density at radius 3 is 1.80 bits per heavy atom. The summed E-state index contributed by atoms with van der Waals surface area (Å²) in [5.74, 6) is 1.96. The van der Waals surface area contributed by atoms with Crippen molar-refractivity contribution in [3.05, 3.63) is 84.7 Å². The van der Waals surface area contributed by atoms with E-state index in [2.05, 4.69) is 118 Å². The van der Waals surface area contributed by atoms with Crippen LogP contribution in [0, 0.1) is 11.8 Å². The van der Waals surface area contributed by atoms with Crippen LogP contribution in [-0.2, 0) is 19.1 Å². The van der Waals surface area contributed by atoms with Gasteiger partial charge in [-0.05, 0) is 85.8 Å². The molecule has 2 aromatic heterocycles. The number of halogens is 1. The number of nitrogens with zero attached hydrogens (tertiary/aromatic N) is 4. The molecule has 4 heterocycles. The minimum atomic E-state index is -0.726. The lowest BCUT2D eigenvalue weighted by Crippen LogP contribution is -2.55. The number of likely N-dealkylation sites (tertiary alicyclic amines) is 2. The molecule has 3 aromatic carbocycles. The lowest BCUT2D eigenvalue weighted by Gasteiger charge is -2.35. The van der Waals surface area contributed by atoms with Gasteiger partial charge in [-0.1, -0.05) is 90.2 Å². The standard InChI is InChI=1S/C45H49IN8O6/c1-23(46)37(52-43(58)60-6)41(56)54-36(18-28-20-45(28,54)4)39-48-22-34(51-39)32-12-8-10-30-29(9-7-11-31(30)32)25-13-15-26(16-14-25)33-21-47-38(50-33)35-17-27-19-44(27,3)53(35)40(55)24(2)49-42(57)59-5/h7-16,21-24,27-28,35-37H,17-20H2,1-6H3,(H,47,50)(H,48,51)(H,49,57)(H,52,58)/t23?,24-,27-,28-,35-,36-,37-,44+,45+/m0/s1. The van der Waals surface area contributed by atoms with Crippen molar-refractivity contribution in [1.29, 1.82) is 0 Å². The molecule has 0 bridgehead atoms. The number of ether oxygens (including phenoxy) is 2. The summed E-state index contributed by atoms with van der Waals surface area (Å²) in [5, 5.41) is 7.55. The molecule has 4 N–H and O–H groups in total. The quantitative estimate of drug-likeness (QED) is 0.0815. The fourth-order valence-corrected chi connectivity index (χ4v) is 10.5. The minimum absolute atomic E-state index is 0.124. The van der Waals surface area contributed by atoms with Gasteiger partial charge in [0.15, 0.2) is 0 Å². The van der Waals surface area contributed by atoms with Gasteiger partial charge in [0.05, 0.1) is 50.1 Å². The highest BCUT2D eigenvalue weighted by atomic mass is 127. The molecule has 4 fully saturated rings. The maximum Gasteiger partial charge on any atom is 0.407 e. The smallest absolute Gasteiger partial charge is 0.407 e. The van der Waals surface area contributed by atoms with Crippen LogP contribution in [0.15, 0.2) is 73.1 Å². The van der Waals surface area contributed by atoms with Crippen LogP contribution in [0.2, 0.25) is 0 Å². The maximum absolute atomic E-state index is 14.1. The van der Waals surface area contributed by atoms with Gasteiger partial charge < -0.3 is 39.9 Å². The minimum Gasteiger partial charge on any atom is -0.453 e. The summed E-state index contributed by atoms with van der Waals surface area (Å²) in [6.45, 7) is 7.83. The number of rotatable bonds is 10. The molecule has 312 valence electrons. The van der Waals surface area contributed by atoms with Gasteiger partial charge >= 0.3 is 12.2 Å².